The van der Waals surface area contributed by atoms with Crippen LogP contribution < -0.4 is 0 Å². The SMILES string of the molecule is COCC1OC1(Cl)C(=O)O. The molecule has 0 spiro atoms. The van der Waals surface area contributed by atoms with Crippen molar-refractivity contribution < 1.29 is 19.4 Å². The molecule has 2 unspecified atom stereocenters. The summed E-state index contributed by atoms with van der Waals surface area (Å²) < 4.78 is 9.29. The number of hydrogen-bond donors (Lipinski definition) is 1. The summed E-state index contributed by atoms with van der Waals surface area (Å²) in [6.45, 7) is 0.218. The Bertz CT molecular complexity index is 160. The van der Waals surface area contributed by atoms with Crippen molar-refractivity contribution >= 4 is 17.6 Å². The van der Waals surface area contributed by atoms with Crippen molar-refractivity contribution in [3.05, 3.63) is 0 Å². The molecule has 0 saturated carbocycles. The van der Waals surface area contributed by atoms with E-state index in [2.05, 4.69) is 9.47 Å². The Morgan fingerprint density at radius 3 is 2.90 bits per heavy atom. The molecule has 0 bridgehead atoms. The van der Waals surface area contributed by atoms with Crippen molar-refractivity contribution in [2.24, 2.45) is 0 Å². The molecule has 10 heavy (non-hydrogen) atoms. The van der Waals surface area contributed by atoms with Crippen LogP contribution in [0.5, 0.6) is 0 Å². The van der Waals surface area contributed by atoms with Crippen LogP contribution in [0, 0.1) is 0 Å². The lowest BCUT2D eigenvalue weighted by atomic mass is 10.3. The Morgan fingerprint density at radius 2 is 2.60 bits per heavy atom. The van der Waals surface area contributed by atoms with Gasteiger partial charge in [-0.1, -0.05) is 11.6 Å². The first kappa shape index (κ1) is 7.78. The lowest BCUT2D eigenvalue weighted by Gasteiger charge is -1.94. The average molecular weight is 167 g/mol. The number of aliphatic carboxylic acids is 1. The number of carbonyl (C=O) groups is 1. The van der Waals surface area contributed by atoms with Gasteiger partial charge in [0.1, 0.15) is 6.10 Å². The monoisotopic (exact) mass is 166 g/mol. The number of ether oxygens (including phenoxy) is 2. The summed E-state index contributed by atoms with van der Waals surface area (Å²) in [6.07, 6.45) is -0.503. The van der Waals surface area contributed by atoms with E-state index in [1.807, 2.05) is 0 Å². The van der Waals surface area contributed by atoms with Crippen LogP contribution in [0.15, 0.2) is 0 Å². The lowest BCUT2D eigenvalue weighted by molar-refractivity contribution is -0.140. The van der Waals surface area contributed by atoms with Gasteiger partial charge in [0.25, 0.3) is 5.06 Å². The van der Waals surface area contributed by atoms with E-state index in [0.29, 0.717) is 0 Å². The van der Waals surface area contributed by atoms with Gasteiger partial charge in [-0.15, -0.1) is 0 Å². The molecule has 0 aromatic rings. The molecular weight excluding hydrogens is 160 g/mol. The van der Waals surface area contributed by atoms with Crippen molar-refractivity contribution in [1.82, 2.24) is 0 Å². The average Bonchev–Trinajstić information content (AvgIpc) is 2.45. The number of carboxylic acids is 1. The van der Waals surface area contributed by atoms with Crippen LogP contribution in [0.2, 0.25) is 0 Å². The van der Waals surface area contributed by atoms with Gasteiger partial charge < -0.3 is 14.6 Å². The van der Waals surface area contributed by atoms with Crippen LogP contribution in [0.25, 0.3) is 0 Å². The minimum absolute atomic E-state index is 0.218. The zero-order valence-corrected chi connectivity index (χ0v) is 6.09. The van der Waals surface area contributed by atoms with Crippen molar-refractivity contribution in [3.8, 4) is 0 Å². The summed E-state index contributed by atoms with van der Waals surface area (Å²) >= 11 is 5.42. The van der Waals surface area contributed by atoms with Gasteiger partial charge in [0.15, 0.2) is 0 Å². The third-order valence-electron chi connectivity index (χ3n) is 1.28. The summed E-state index contributed by atoms with van der Waals surface area (Å²) in [4.78, 5) is 10.3. The fourth-order valence-corrected chi connectivity index (χ4v) is 0.824. The number of alkyl halides is 1. The number of carboxylic acid groups (broad SMARTS) is 1. The summed E-state index contributed by atoms with van der Waals surface area (Å²) in [5, 5.41) is 6.88. The number of hydrogen-bond acceptors (Lipinski definition) is 3. The van der Waals surface area contributed by atoms with E-state index < -0.39 is 17.1 Å². The normalized spacial score (nSPS) is 37.6. The molecular formula is C5H7ClO4. The molecule has 4 nitrogen and oxygen atoms in total. The van der Waals surface area contributed by atoms with E-state index in [0.717, 1.165) is 0 Å². The molecule has 0 amide bonds. The molecule has 1 N–H and O–H groups in total. The van der Waals surface area contributed by atoms with E-state index in [9.17, 15) is 4.79 Å². The zero-order chi connectivity index (χ0) is 7.78. The molecule has 1 heterocycles. The third-order valence-corrected chi connectivity index (χ3v) is 1.77. The molecule has 1 rings (SSSR count). The van der Waals surface area contributed by atoms with Gasteiger partial charge in [-0.25, -0.2) is 4.79 Å². The molecule has 2 atom stereocenters. The van der Waals surface area contributed by atoms with Gasteiger partial charge in [0, 0.05) is 7.11 Å². The minimum atomic E-state index is -1.52. The Morgan fingerprint density at radius 1 is 2.00 bits per heavy atom. The topological polar surface area (TPSA) is 59.1 Å². The van der Waals surface area contributed by atoms with Gasteiger partial charge in [-0.05, 0) is 0 Å². The predicted octanol–water partition coefficient (Wildman–Crippen LogP) is 0.0513. The van der Waals surface area contributed by atoms with Crippen molar-refractivity contribution in [2.45, 2.75) is 11.2 Å². The van der Waals surface area contributed by atoms with Crippen LogP contribution in [-0.2, 0) is 14.3 Å². The number of methoxy groups -OCH3 is 1. The van der Waals surface area contributed by atoms with Crippen LogP contribution >= 0.6 is 11.6 Å². The molecule has 1 aliphatic rings. The smallest absolute Gasteiger partial charge is 0.354 e. The summed E-state index contributed by atoms with van der Waals surface area (Å²) in [5.74, 6) is -1.16. The van der Waals surface area contributed by atoms with Crippen LogP contribution in [-0.4, -0.2) is 36.0 Å². The molecule has 1 fully saturated rings. The standard InChI is InChI=1S/C5H7ClO4/c1-9-2-3-5(6,10-3)4(7)8/h3H,2H2,1H3,(H,7,8). The first-order chi connectivity index (χ1) is 4.61. The largest absolute Gasteiger partial charge is 0.478 e. The van der Waals surface area contributed by atoms with Crippen LogP contribution in [0.3, 0.4) is 0 Å². The minimum Gasteiger partial charge on any atom is -0.478 e. The summed E-state index contributed by atoms with van der Waals surface area (Å²) in [5.41, 5.74) is 0. The molecule has 0 aromatic carbocycles. The number of rotatable bonds is 3. The van der Waals surface area contributed by atoms with Crippen molar-refractivity contribution in [1.29, 1.82) is 0 Å². The van der Waals surface area contributed by atoms with E-state index in [1.165, 1.54) is 7.11 Å². The predicted molar refractivity (Wildman–Crippen MR) is 33.0 cm³/mol. The Balaban J connectivity index is 2.40. The first-order valence-electron chi connectivity index (χ1n) is 2.70. The molecule has 0 radical (unpaired) electrons. The van der Waals surface area contributed by atoms with Crippen LogP contribution in [0.4, 0.5) is 0 Å². The van der Waals surface area contributed by atoms with Gasteiger partial charge in [-0.2, -0.15) is 0 Å². The highest BCUT2D eigenvalue weighted by molar-refractivity contribution is 6.34. The first-order valence-corrected chi connectivity index (χ1v) is 3.08. The molecule has 0 aromatic heterocycles. The molecule has 5 heteroatoms. The summed E-state index contributed by atoms with van der Waals surface area (Å²) in [7, 11) is 1.46. The van der Waals surface area contributed by atoms with Crippen molar-refractivity contribution in [3.63, 3.8) is 0 Å². The van der Waals surface area contributed by atoms with E-state index >= 15 is 0 Å². The molecule has 58 valence electrons. The highest BCUT2D eigenvalue weighted by Crippen LogP contribution is 2.40. The van der Waals surface area contributed by atoms with Gasteiger partial charge >= 0.3 is 5.97 Å². The maximum absolute atomic E-state index is 10.3. The van der Waals surface area contributed by atoms with Gasteiger partial charge in [-0.3, -0.25) is 0 Å². The fourth-order valence-electron chi connectivity index (χ4n) is 0.654. The van der Waals surface area contributed by atoms with Crippen molar-refractivity contribution in [2.75, 3.05) is 13.7 Å². The van der Waals surface area contributed by atoms with E-state index in [-0.39, 0.29) is 6.61 Å². The number of epoxide rings is 1. The fraction of sp³-hybridized carbons (Fsp3) is 0.800. The maximum atomic E-state index is 10.3. The highest BCUT2D eigenvalue weighted by Gasteiger charge is 2.62. The maximum Gasteiger partial charge on any atom is 0.354 e. The van der Waals surface area contributed by atoms with E-state index in [1.54, 1.807) is 0 Å². The Kier molecular flexibility index (Phi) is 1.85. The van der Waals surface area contributed by atoms with Gasteiger partial charge in [0.2, 0.25) is 0 Å². The third kappa shape index (κ3) is 1.10. The Labute approximate surface area is 62.7 Å². The second-order valence-corrected chi connectivity index (χ2v) is 2.57. The van der Waals surface area contributed by atoms with E-state index in [4.69, 9.17) is 16.7 Å². The molecule has 0 aliphatic carbocycles. The highest BCUT2D eigenvalue weighted by atomic mass is 35.5. The molecule has 1 aliphatic heterocycles. The van der Waals surface area contributed by atoms with Crippen LogP contribution in [0.1, 0.15) is 0 Å². The quantitative estimate of drug-likeness (QED) is 0.476. The zero-order valence-electron chi connectivity index (χ0n) is 5.33. The van der Waals surface area contributed by atoms with Gasteiger partial charge in [0.05, 0.1) is 6.61 Å². The number of halogens is 1. The second kappa shape index (κ2) is 2.38. The lowest BCUT2D eigenvalue weighted by Crippen LogP contribution is -2.21. The Hall–Kier alpha value is -0.320. The summed E-state index contributed by atoms with van der Waals surface area (Å²) in [6, 6.07) is 0. The molecule has 1 saturated heterocycles. The second-order valence-electron chi connectivity index (χ2n) is 2.01.